The highest BCUT2D eigenvalue weighted by molar-refractivity contribution is 5.59. The van der Waals surface area contributed by atoms with Gasteiger partial charge in [-0.25, -0.2) is 0 Å². The molecule has 0 spiro atoms. The molecule has 0 fully saturated rings. The lowest BCUT2D eigenvalue weighted by atomic mass is 10.0. The van der Waals surface area contributed by atoms with E-state index < -0.39 is 0 Å². The standard InChI is InChI=1S/C18H27N3/c1-13(2)10-14-6-8-15(9-7-14)17-11-16(20-21-17)12-19-18(3,4)5/h6-9,11,13,19H,10,12H2,1-5H3,(H,20,21). The normalized spacial score (nSPS) is 12.1. The van der Waals surface area contributed by atoms with E-state index in [1.165, 1.54) is 11.1 Å². The molecule has 0 atom stereocenters. The third-order valence-corrected chi connectivity index (χ3v) is 3.33. The molecule has 2 aromatic rings. The Hall–Kier alpha value is -1.61. The van der Waals surface area contributed by atoms with E-state index in [9.17, 15) is 0 Å². The maximum atomic E-state index is 4.41. The van der Waals surface area contributed by atoms with Crippen molar-refractivity contribution in [1.29, 1.82) is 0 Å². The summed E-state index contributed by atoms with van der Waals surface area (Å²) in [7, 11) is 0. The molecule has 3 heteroatoms. The molecule has 0 bridgehead atoms. The van der Waals surface area contributed by atoms with Crippen molar-refractivity contribution in [2.75, 3.05) is 0 Å². The molecule has 0 aliphatic rings. The molecule has 1 aromatic carbocycles. The number of hydrogen-bond acceptors (Lipinski definition) is 2. The lowest BCUT2D eigenvalue weighted by Crippen LogP contribution is -2.35. The van der Waals surface area contributed by atoms with Crippen LogP contribution in [0, 0.1) is 5.92 Å². The van der Waals surface area contributed by atoms with Gasteiger partial charge in [-0.1, -0.05) is 38.1 Å². The first-order valence-corrected chi connectivity index (χ1v) is 7.72. The summed E-state index contributed by atoms with van der Waals surface area (Å²) in [5.41, 5.74) is 4.80. The average molecular weight is 285 g/mol. The van der Waals surface area contributed by atoms with E-state index in [0.29, 0.717) is 5.92 Å². The van der Waals surface area contributed by atoms with Crippen molar-refractivity contribution >= 4 is 0 Å². The molecule has 21 heavy (non-hydrogen) atoms. The van der Waals surface area contributed by atoms with Gasteiger partial charge in [-0.05, 0) is 44.7 Å². The van der Waals surface area contributed by atoms with Gasteiger partial charge in [0.15, 0.2) is 0 Å². The minimum Gasteiger partial charge on any atom is -0.306 e. The van der Waals surface area contributed by atoms with Gasteiger partial charge in [-0.3, -0.25) is 5.10 Å². The quantitative estimate of drug-likeness (QED) is 0.866. The van der Waals surface area contributed by atoms with Crippen LogP contribution in [-0.2, 0) is 13.0 Å². The van der Waals surface area contributed by atoms with E-state index in [1.54, 1.807) is 0 Å². The summed E-state index contributed by atoms with van der Waals surface area (Å²) in [6.07, 6.45) is 1.13. The monoisotopic (exact) mass is 285 g/mol. The van der Waals surface area contributed by atoms with Gasteiger partial charge in [-0.15, -0.1) is 0 Å². The lowest BCUT2D eigenvalue weighted by molar-refractivity contribution is 0.421. The second-order valence-electron chi connectivity index (χ2n) is 7.18. The lowest BCUT2D eigenvalue weighted by Gasteiger charge is -2.19. The van der Waals surface area contributed by atoms with Gasteiger partial charge in [0, 0.05) is 23.3 Å². The average Bonchev–Trinajstić information content (AvgIpc) is 2.84. The minimum absolute atomic E-state index is 0.115. The van der Waals surface area contributed by atoms with E-state index in [-0.39, 0.29) is 5.54 Å². The predicted octanol–water partition coefficient (Wildman–Crippen LogP) is 4.16. The van der Waals surface area contributed by atoms with Gasteiger partial charge in [0.1, 0.15) is 0 Å². The molecule has 0 unspecified atom stereocenters. The van der Waals surface area contributed by atoms with Crippen molar-refractivity contribution in [2.45, 2.75) is 53.1 Å². The third-order valence-electron chi connectivity index (χ3n) is 3.33. The molecule has 0 saturated carbocycles. The van der Waals surface area contributed by atoms with Crippen LogP contribution in [-0.4, -0.2) is 15.7 Å². The van der Waals surface area contributed by atoms with Crippen LogP contribution in [0.1, 0.15) is 45.9 Å². The van der Waals surface area contributed by atoms with E-state index >= 15 is 0 Å². The maximum Gasteiger partial charge on any atom is 0.0924 e. The molecule has 1 aromatic heterocycles. The molecule has 114 valence electrons. The smallest absolute Gasteiger partial charge is 0.0924 e. The Morgan fingerprint density at radius 2 is 1.81 bits per heavy atom. The first-order chi connectivity index (χ1) is 9.83. The number of nitrogens with zero attached hydrogens (tertiary/aromatic N) is 1. The number of nitrogens with one attached hydrogen (secondary N) is 2. The molecule has 0 aliphatic heterocycles. The van der Waals surface area contributed by atoms with Gasteiger partial charge in [-0.2, -0.15) is 5.10 Å². The van der Waals surface area contributed by atoms with Crippen LogP contribution >= 0.6 is 0 Å². The van der Waals surface area contributed by atoms with Crippen molar-refractivity contribution in [2.24, 2.45) is 5.92 Å². The molecule has 0 amide bonds. The van der Waals surface area contributed by atoms with E-state index in [2.05, 4.69) is 80.5 Å². The van der Waals surface area contributed by atoms with Crippen LogP contribution in [0.25, 0.3) is 11.3 Å². The Balaban J connectivity index is 2.03. The second kappa shape index (κ2) is 6.44. The van der Waals surface area contributed by atoms with Gasteiger partial charge < -0.3 is 5.32 Å². The Kier molecular flexibility index (Phi) is 4.84. The summed E-state index contributed by atoms with van der Waals surface area (Å²) >= 11 is 0. The molecule has 0 saturated heterocycles. The van der Waals surface area contributed by atoms with Gasteiger partial charge in [0.05, 0.1) is 5.69 Å². The van der Waals surface area contributed by atoms with E-state index in [4.69, 9.17) is 0 Å². The summed E-state index contributed by atoms with van der Waals surface area (Å²) in [5.74, 6) is 0.691. The van der Waals surface area contributed by atoms with Gasteiger partial charge in [0.25, 0.3) is 0 Å². The Morgan fingerprint density at radius 1 is 1.14 bits per heavy atom. The van der Waals surface area contributed by atoms with Crippen molar-refractivity contribution in [3.63, 3.8) is 0 Å². The highest BCUT2D eigenvalue weighted by Crippen LogP contribution is 2.19. The zero-order chi connectivity index (χ0) is 15.5. The fourth-order valence-corrected chi connectivity index (χ4v) is 2.24. The Bertz CT molecular complexity index is 559. The van der Waals surface area contributed by atoms with Crippen molar-refractivity contribution in [1.82, 2.24) is 15.5 Å². The number of rotatable bonds is 5. The first kappa shape index (κ1) is 15.8. The number of benzene rings is 1. The predicted molar refractivity (Wildman–Crippen MR) is 89.2 cm³/mol. The highest BCUT2D eigenvalue weighted by atomic mass is 15.1. The first-order valence-electron chi connectivity index (χ1n) is 7.72. The molecule has 0 radical (unpaired) electrons. The van der Waals surface area contributed by atoms with Crippen LogP contribution in [0.15, 0.2) is 30.3 Å². The van der Waals surface area contributed by atoms with Crippen LogP contribution in [0.4, 0.5) is 0 Å². The summed E-state index contributed by atoms with van der Waals surface area (Å²) in [6.45, 7) is 11.8. The highest BCUT2D eigenvalue weighted by Gasteiger charge is 2.10. The van der Waals surface area contributed by atoms with E-state index in [0.717, 1.165) is 24.4 Å². The van der Waals surface area contributed by atoms with Crippen molar-refractivity contribution in [3.8, 4) is 11.3 Å². The summed E-state index contributed by atoms with van der Waals surface area (Å²) in [5, 5.41) is 11.0. The van der Waals surface area contributed by atoms with Crippen molar-refractivity contribution < 1.29 is 0 Å². The molecule has 1 heterocycles. The topological polar surface area (TPSA) is 40.7 Å². The molecule has 2 N–H and O–H groups in total. The van der Waals surface area contributed by atoms with Crippen LogP contribution in [0.2, 0.25) is 0 Å². The zero-order valence-electron chi connectivity index (χ0n) is 13.8. The van der Waals surface area contributed by atoms with Gasteiger partial charge >= 0.3 is 0 Å². The zero-order valence-corrected chi connectivity index (χ0v) is 13.8. The largest absolute Gasteiger partial charge is 0.306 e. The summed E-state index contributed by atoms with van der Waals surface area (Å²) in [6, 6.07) is 10.9. The molecule has 3 nitrogen and oxygen atoms in total. The third kappa shape index (κ3) is 5.01. The fraction of sp³-hybridized carbons (Fsp3) is 0.500. The maximum absolute atomic E-state index is 4.41. The molecular formula is C18H27N3. The van der Waals surface area contributed by atoms with Crippen LogP contribution in [0.3, 0.4) is 0 Å². The Labute approximate surface area is 128 Å². The Morgan fingerprint density at radius 3 is 2.38 bits per heavy atom. The van der Waals surface area contributed by atoms with Crippen LogP contribution < -0.4 is 5.32 Å². The summed E-state index contributed by atoms with van der Waals surface area (Å²) in [4.78, 5) is 0. The minimum atomic E-state index is 0.115. The number of aromatic amines is 1. The SMILES string of the molecule is CC(C)Cc1ccc(-c2cc(CNC(C)(C)C)[nH]n2)cc1. The van der Waals surface area contributed by atoms with Crippen molar-refractivity contribution in [3.05, 3.63) is 41.6 Å². The fourth-order valence-electron chi connectivity index (χ4n) is 2.24. The number of H-pyrrole nitrogens is 1. The molecule has 2 rings (SSSR count). The van der Waals surface area contributed by atoms with Crippen LogP contribution in [0.5, 0.6) is 0 Å². The van der Waals surface area contributed by atoms with E-state index in [1.807, 2.05) is 0 Å². The molecule has 0 aliphatic carbocycles. The molecular weight excluding hydrogens is 258 g/mol. The number of hydrogen-bond donors (Lipinski definition) is 2. The number of aromatic nitrogens is 2. The van der Waals surface area contributed by atoms with Gasteiger partial charge in [0.2, 0.25) is 0 Å². The summed E-state index contributed by atoms with van der Waals surface area (Å²) < 4.78 is 0. The second-order valence-corrected chi connectivity index (χ2v) is 7.18.